The molecule has 2 amide bonds. The van der Waals surface area contributed by atoms with Crippen molar-refractivity contribution in [3.05, 3.63) is 24.5 Å². The number of nitrogens with one attached hydrogen (secondary N) is 1. The molecule has 0 bridgehead atoms. The zero-order chi connectivity index (χ0) is 17.7. The first-order chi connectivity index (χ1) is 11.3. The predicted octanol–water partition coefficient (Wildman–Crippen LogP) is 1.65. The molecule has 2 rings (SSSR count). The van der Waals surface area contributed by atoms with E-state index in [0.717, 1.165) is 19.4 Å². The number of nitrogens with zero attached hydrogens (tertiary/aromatic N) is 4. The summed E-state index contributed by atoms with van der Waals surface area (Å²) >= 11 is 0. The summed E-state index contributed by atoms with van der Waals surface area (Å²) in [5.41, 5.74) is 0.110. The lowest BCUT2D eigenvalue weighted by Gasteiger charge is -2.31. The molecule has 1 saturated heterocycles. The topological polar surface area (TPSA) is 89.4 Å². The molecule has 8 nitrogen and oxygen atoms in total. The monoisotopic (exact) mass is 335 g/mol. The van der Waals surface area contributed by atoms with Gasteiger partial charge in [0.2, 0.25) is 5.91 Å². The molecule has 0 radical (unpaired) electrons. The van der Waals surface area contributed by atoms with Crippen molar-refractivity contribution < 1.29 is 14.3 Å². The first kappa shape index (κ1) is 18.0. The van der Waals surface area contributed by atoms with Gasteiger partial charge in [0.25, 0.3) is 0 Å². The summed E-state index contributed by atoms with van der Waals surface area (Å²) in [6.45, 7) is 10.5. The van der Waals surface area contributed by atoms with Crippen LogP contribution in [0.15, 0.2) is 18.9 Å². The van der Waals surface area contributed by atoms with Gasteiger partial charge in [-0.3, -0.25) is 4.79 Å². The summed E-state index contributed by atoms with van der Waals surface area (Å²) in [6.07, 6.45) is 4.49. The Morgan fingerprint density at radius 1 is 1.50 bits per heavy atom. The van der Waals surface area contributed by atoms with Crippen LogP contribution in [-0.4, -0.2) is 50.6 Å². The normalized spacial score (nSPS) is 18.1. The molecule has 2 heterocycles. The van der Waals surface area contributed by atoms with Crippen molar-refractivity contribution in [1.29, 1.82) is 0 Å². The van der Waals surface area contributed by atoms with Gasteiger partial charge in [0.05, 0.1) is 18.8 Å². The molecule has 1 fully saturated rings. The molecule has 1 atom stereocenters. The van der Waals surface area contributed by atoms with Gasteiger partial charge in [0.1, 0.15) is 11.3 Å². The van der Waals surface area contributed by atoms with Crippen LogP contribution in [0.5, 0.6) is 0 Å². The lowest BCUT2D eigenvalue weighted by Crippen LogP contribution is -2.40. The van der Waals surface area contributed by atoms with Gasteiger partial charge in [0.15, 0.2) is 0 Å². The second-order valence-electron chi connectivity index (χ2n) is 6.83. The minimum Gasteiger partial charge on any atom is -0.444 e. The molecule has 1 aromatic rings. The van der Waals surface area contributed by atoms with Gasteiger partial charge in [0, 0.05) is 13.1 Å². The summed E-state index contributed by atoms with van der Waals surface area (Å²) < 4.78 is 6.94. The summed E-state index contributed by atoms with van der Waals surface area (Å²) in [6, 6.07) is 0.0884. The standard InChI is InChI=1S/C16H25N5O3/c1-5-14(22)20-8-6-7-13(11-20)21-10-12(18-19-21)9-17-15(23)24-16(2,3)4/h5,10,13H,1,6-9,11H2,2-4H3,(H,17,23)/t13-/m1/s1. The van der Waals surface area contributed by atoms with Crippen molar-refractivity contribution in [2.24, 2.45) is 0 Å². The lowest BCUT2D eigenvalue weighted by atomic mass is 10.1. The smallest absolute Gasteiger partial charge is 0.407 e. The number of amides is 2. The van der Waals surface area contributed by atoms with Gasteiger partial charge in [-0.1, -0.05) is 11.8 Å². The van der Waals surface area contributed by atoms with Crippen LogP contribution >= 0.6 is 0 Å². The van der Waals surface area contributed by atoms with E-state index in [2.05, 4.69) is 22.2 Å². The number of aromatic nitrogens is 3. The van der Waals surface area contributed by atoms with Crippen LogP contribution in [0.2, 0.25) is 0 Å². The van der Waals surface area contributed by atoms with E-state index in [4.69, 9.17) is 4.74 Å². The van der Waals surface area contributed by atoms with Gasteiger partial charge in [-0.15, -0.1) is 5.10 Å². The van der Waals surface area contributed by atoms with Crippen LogP contribution in [-0.2, 0) is 16.1 Å². The number of rotatable bonds is 4. The molecule has 0 saturated carbocycles. The van der Waals surface area contributed by atoms with Crippen LogP contribution < -0.4 is 5.32 Å². The van der Waals surface area contributed by atoms with Crippen molar-refractivity contribution in [3.8, 4) is 0 Å². The quantitative estimate of drug-likeness (QED) is 0.845. The Hall–Kier alpha value is -2.38. The second kappa shape index (κ2) is 7.46. The maximum atomic E-state index is 11.7. The van der Waals surface area contributed by atoms with E-state index in [0.29, 0.717) is 12.2 Å². The maximum Gasteiger partial charge on any atom is 0.407 e. The number of alkyl carbamates (subject to hydrolysis) is 1. The summed E-state index contributed by atoms with van der Waals surface area (Å²) in [7, 11) is 0. The average Bonchev–Trinajstić information content (AvgIpc) is 2.99. The van der Waals surface area contributed by atoms with Gasteiger partial charge in [-0.2, -0.15) is 0 Å². The molecule has 0 unspecified atom stereocenters. The number of hydrogen-bond acceptors (Lipinski definition) is 5. The van der Waals surface area contributed by atoms with E-state index in [1.54, 1.807) is 15.8 Å². The van der Waals surface area contributed by atoms with Gasteiger partial charge in [-0.05, 0) is 39.7 Å². The highest BCUT2D eigenvalue weighted by molar-refractivity contribution is 5.87. The second-order valence-corrected chi connectivity index (χ2v) is 6.83. The van der Waals surface area contributed by atoms with Crippen LogP contribution in [0.25, 0.3) is 0 Å². The molecule has 0 aromatic carbocycles. The van der Waals surface area contributed by atoms with Gasteiger partial charge in [-0.25, -0.2) is 9.48 Å². The predicted molar refractivity (Wildman–Crippen MR) is 88.1 cm³/mol. The maximum absolute atomic E-state index is 11.7. The molecule has 0 aliphatic carbocycles. The fraction of sp³-hybridized carbons (Fsp3) is 0.625. The van der Waals surface area contributed by atoms with Crippen molar-refractivity contribution in [2.45, 2.75) is 51.8 Å². The zero-order valence-corrected chi connectivity index (χ0v) is 14.5. The van der Waals surface area contributed by atoms with Crippen molar-refractivity contribution in [3.63, 3.8) is 0 Å². The minimum absolute atomic E-state index is 0.0633. The largest absolute Gasteiger partial charge is 0.444 e. The Morgan fingerprint density at radius 3 is 2.92 bits per heavy atom. The van der Waals surface area contributed by atoms with Crippen molar-refractivity contribution in [1.82, 2.24) is 25.2 Å². The average molecular weight is 335 g/mol. The van der Waals surface area contributed by atoms with E-state index in [1.807, 2.05) is 20.8 Å². The Labute approximate surface area is 141 Å². The molecule has 132 valence electrons. The molecule has 8 heteroatoms. The molecular weight excluding hydrogens is 310 g/mol. The minimum atomic E-state index is -0.537. The molecule has 24 heavy (non-hydrogen) atoms. The van der Waals surface area contributed by atoms with Crippen LogP contribution in [0, 0.1) is 0 Å². The van der Waals surface area contributed by atoms with Crippen molar-refractivity contribution >= 4 is 12.0 Å². The van der Waals surface area contributed by atoms with Gasteiger partial charge >= 0.3 is 6.09 Å². The number of likely N-dealkylation sites (tertiary alicyclic amines) is 1. The summed E-state index contributed by atoms with van der Waals surface area (Å²) in [5, 5.41) is 10.8. The first-order valence-electron chi connectivity index (χ1n) is 8.07. The van der Waals surface area contributed by atoms with E-state index in [-0.39, 0.29) is 18.5 Å². The molecule has 1 aromatic heterocycles. The molecule has 1 aliphatic rings. The third-order valence-corrected chi connectivity index (χ3v) is 3.63. The Balaban J connectivity index is 1.89. The third kappa shape index (κ3) is 5.07. The number of carbonyl (C=O) groups excluding carboxylic acids is 2. The van der Waals surface area contributed by atoms with Crippen LogP contribution in [0.1, 0.15) is 45.3 Å². The van der Waals surface area contributed by atoms with E-state index < -0.39 is 11.7 Å². The fourth-order valence-electron chi connectivity index (χ4n) is 2.55. The zero-order valence-electron chi connectivity index (χ0n) is 14.5. The Kier molecular flexibility index (Phi) is 5.58. The highest BCUT2D eigenvalue weighted by atomic mass is 16.6. The van der Waals surface area contributed by atoms with Crippen LogP contribution in [0.4, 0.5) is 4.79 Å². The third-order valence-electron chi connectivity index (χ3n) is 3.63. The molecule has 1 N–H and O–H groups in total. The Bertz CT molecular complexity index is 605. The van der Waals surface area contributed by atoms with E-state index in [1.165, 1.54) is 6.08 Å². The first-order valence-corrected chi connectivity index (χ1v) is 8.07. The van der Waals surface area contributed by atoms with E-state index >= 15 is 0 Å². The molecular formula is C16H25N5O3. The summed E-state index contributed by atoms with van der Waals surface area (Å²) in [4.78, 5) is 25.2. The summed E-state index contributed by atoms with van der Waals surface area (Å²) in [5.74, 6) is -0.0633. The number of carbonyl (C=O) groups is 2. The highest BCUT2D eigenvalue weighted by Crippen LogP contribution is 2.21. The van der Waals surface area contributed by atoms with Gasteiger partial charge < -0.3 is 15.0 Å². The van der Waals surface area contributed by atoms with Crippen molar-refractivity contribution in [2.75, 3.05) is 13.1 Å². The Morgan fingerprint density at radius 2 is 2.25 bits per heavy atom. The number of hydrogen-bond donors (Lipinski definition) is 1. The number of ether oxygens (including phenoxy) is 1. The lowest BCUT2D eigenvalue weighted by molar-refractivity contribution is -0.127. The van der Waals surface area contributed by atoms with E-state index in [9.17, 15) is 9.59 Å². The molecule has 1 aliphatic heterocycles. The highest BCUT2D eigenvalue weighted by Gasteiger charge is 2.24. The molecule has 0 spiro atoms. The SMILES string of the molecule is C=CC(=O)N1CCC[C@@H](n2cc(CNC(=O)OC(C)(C)C)nn2)C1. The fourth-order valence-corrected chi connectivity index (χ4v) is 2.55. The van der Waals surface area contributed by atoms with Crippen LogP contribution in [0.3, 0.4) is 0 Å². The number of piperidine rings is 1.